The molecule has 0 spiro atoms. The predicted molar refractivity (Wildman–Crippen MR) is 205 cm³/mol. The van der Waals surface area contributed by atoms with E-state index in [9.17, 15) is 19.5 Å². The maximum atomic E-state index is 12.0. The highest BCUT2D eigenvalue weighted by molar-refractivity contribution is 5.89. The molecule has 6 nitrogen and oxygen atoms in total. The number of unbranched alkanes of at least 4 members (excludes halogenated alkanes) is 19. The van der Waals surface area contributed by atoms with E-state index in [0.29, 0.717) is 19.3 Å². The molecule has 0 amide bonds. The Bertz CT molecular complexity index is 887. The maximum absolute atomic E-state index is 12.0. The van der Waals surface area contributed by atoms with Gasteiger partial charge in [-0.3, -0.25) is 14.4 Å². The van der Waals surface area contributed by atoms with Crippen LogP contribution in [0.15, 0.2) is 48.6 Å². The Balaban J connectivity index is 3.56. The van der Waals surface area contributed by atoms with E-state index in [2.05, 4.69) is 38.2 Å². The first-order valence-corrected chi connectivity index (χ1v) is 20.1. The van der Waals surface area contributed by atoms with Gasteiger partial charge >= 0.3 is 11.9 Å². The van der Waals surface area contributed by atoms with Crippen LogP contribution in [-0.4, -0.2) is 42.1 Å². The molecule has 0 aliphatic carbocycles. The summed E-state index contributed by atoms with van der Waals surface area (Å²) in [7, 11) is 0. The second-order valence-corrected chi connectivity index (χ2v) is 13.4. The Morgan fingerprint density at radius 1 is 0.490 bits per heavy atom. The van der Waals surface area contributed by atoms with Crippen LogP contribution in [0.2, 0.25) is 0 Å². The molecule has 0 unspecified atom stereocenters. The number of hydrogen-bond acceptors (Lipinski definition) is 6. The second kappa shape index (κ2) is 38.3. The van der Waals surface area contributed by atoms with Gasteiger partial charge in [0.1, 0.15) is 19.3 Å². The summed E-state index contributed by atoms with van der Waals surface area (Å²) in [6.45, 7) is 4.10. The summed E-state index contributed by atoms with van der Waals surface area (Å²) in [5.74, 6) is -0.471. The highest BCUT2D eigenvalue weighted by atomic mass is 16.6. The van der Waals surface area contributed by atoms with Gasteiger partial charge in [-0.05, 0) is 44.6 Å². The Morgan fingerprint density at radius 2 is 0.898 bits per heavy atom. The number of carbonyl (C=O) groups is 3. The molecule has 0 heterocycles. The van der Waals surface area contributed by atoms with Crippen LogP contribution in [-0.2, 0) is 23.9 Å². The lowest BCUT2D eigenvalue weighted by Crippen LogP contribution is -2.25. The van der Waals surface area contributed by atoms with E-state index < -0.39 is 6.10 Å². The lowest BCUT2D eigenvalue weighted by Gasteiger charge is -2.12. The Hall–Kier alpha value is -2.47. The van der Waals surface area contributed by atoms with Gasteiger partial charge < -0.3 is 14.6 Å². The summed E-state index contributed by atoms with van der Waals surface area (Å²) < 4.78 is 10.3. The molecule has 0 saturated heterocycles. The van der Waals surface area contributed by atoms with Crippen molar-refractivity contribution in [2.75, 3.05) is 13.2 Å². The van der Waals surface area contributed by atoms with Gasteiger partial charge in [0.05, 0.1) is 0 Å². The summed E-state index contributed by atoms with van der Waals surface area (Å²) in [5.41, 5.74) is 0. The third-order valence-electron chi connectivity index (χ3n) is 8.54. The van der Waals surface area contributed by atoms with E-state index in [-0.39, 0.29) is 37.4 Å². The van der Waals surface area contributed by atoms with Crippen LogP contribution in [0.3, 0.4) is 0 Å². The van der Waals surface area contributed by atoms with Crippen LogP contribution in [0.4, 0.5) is 0 Å². The van der Waals surface area contributed by atoms with Crippen molar-refractivity contribution >= 4 is 17.7 Å². The number of ketones is 1. The Morgan fingerprint density at radius 3 is 1.43 bits per heavy atom. The molecule has 0 aliphatic heterocycles. The molecule has 282 valence electrons. The van der Waals surface area contributed by atoms with Gasteiger partial charge in [-0.1, -0.05) is 172 Å². The molecule has 6 heteroatoms. The molecule has 49 heavy (non-hydrogen) atoms. The van der Waals surface area contributed by atoms with Crippen LogP contribution < -0.4 is 0 Å². The van der Waals surface area contributed by atoms with Crippen LogP contribution >= 0.6 is 0 Å². The summed E-state index contributed by atoms with van der Waals surface area (Å²) in [6.07, 6.45) is 44.4. The van der Waals surface area contributed by atoms with E-state index in [1.165, 1.54) is 89.9 Å². The molecule has 0 fully saturated rings. The lowest BCUT2D eigenvalue weighted by molar-refractivity contribution is -0.152. The summed E-state index contributed by atoms with van der Waals surface area (Å²) in [6, 6.07) is 0. The molecule has 1 atom stereocenters. The molecule has 0 aromatic rings. The first-order valence-electron chi connectivity index (χ1n) is 20.1. The minimum atomic E-state index is -1.00. The van der Waals surface area contributed by atoms with Crippen molar-refractivity contribution in [1.29, 1.82) is 0 Å². The zero-order valence-electron chi connectivity index (χ0n) is 31.7. The summed E-state index contributed by atoms with van der Waals surface area (Å²) in [5, 5.41) is 10.0. The number of allylic oxidation sites excluding steroid dienone is 8. The first-order chi connectivity index (χ1) is 24.0. The highest BCUT2D eigenvalue weighted by Gasteiger charge is 2.12. The quantitative estimate of drug-likeness (QED) is 0.0232. The number of ether oxygens (including phenoxy) is 2. The molecule has 0 aliphatic rings. The molecule has 0 aromatic carbocycles. The van der Waals surface area contributed by atoms with Crippen LogP contribution in [0.1, 0.15) is 187 Å². The monoisotopic (exact) mass is 687 g/mol. The van der Waals surface area contributed by atoms with Crippen LogP contribution in [0.25, 0.3) is 0 Å². The number of carbonyl (C=O) groups excluding carboxylic acids is 3. The highest BCUT2D eigenvalue weighted by Crippen LogP contribution is 2.14. The molecule has 0 rings (SSSR count). The number of hydrogen-bond donors (Lipinski definition) is 1. The zero-order chi connectivity index (χ0) is 35.9. The van der Waals surface area contributed by atoms with Crippen molar-refractivity contribution in [3.63, 3.8) is 0 Å². The number of aliphatic hydroxyl groups excluding tert-OH is 1. The Kier molecular flexibility index (Phi) is 36.4. The molecule has 0 bridgehead atoms. The molecular formula is C43H74O6. The number of aliphatic hydroxyl groups is 1. The van der Waals surface area contributed by atoms with E-state index in [1.807, 2.05) is 18.2 Å². The second-order valence-electron chi connectivity index (χ2n) is 13.4. The van der Waals surface area contributed by atoms with Crippen molar-refractivity contribution in [3.05, 3.63) is 48.6 Å². The summed E-state index contributed by atoms with van der Waals surface area (Å²) >= 11 is 0. The van der Waals surface area contributed by atoms with E-state index in [4.69, 9.17) is 9.47 Å². The molecule has 0 aromatic heterocycles. The smallest absolute Gasteiger partial charge is 0.305 e. The fourth-order valence-electron chi connectivity index (χ4n) is 5.45. The van der Waals surface area contributed by atoms with Gasteiger partial charge in [-0.25, -0.2) is 0 Å². The van der Waals surface area contributed by atoms with Gasteiger partial charge in [0, 0.05) is 19.3 Å². The van der Waals surface area contributed by atoms with Crippen LogP contribution in [0.5, 0.6) is 0 Å². The fraction of sp³-hybridized carbons (Fsp3) is 0.744. The molecular weight excluding hydrogens is 612 g/mol. The summed E-state index contributed by atoms with van der Waals surface area (Å²) in [4.78, 5) is 35.6. The van der Waals surface area contributed by atoms with Gasteiger partial charge in [0.15, 0.2) is 5.78 Å². The molecule has 0 radical (unpaired) electrons. The van der Waals surface area contributed by atoms with Gasteiger partial charge in [-0.2, -0.15) is 0 Å². The minimum Gasteiger partial charge on any atom is -0.463 e. The fourth-order valence-corrected chi connectivity index (χ4v) is 5.45. The molecule has 1 N–H and O–H groups in total. The number of rotatable bonds is 36. The zero-order valence-corrected chi connectivity index (χ0v) is 31.7. The van der Waals surface area contributed by atoms with Crippen molar-refractivity contribution in [1.82, 2.24) is 0 Å². The largest absolute Gasteiger partial charge is 0.463 e. The van der Waals surface area contributed by atoms with Crippen LogP contribution in [0, 0.1) is 0 Å². The first kappa shape index (κ1) is 46.5. The minimum absolute atomic E-state index is 0.146. The maximum Gasteiger partial charge on any atom is 0.305 e. The third kappa shape index (κ3) is 38.2. The van der Waals surface area contributed by atoms with Crippen molar-refractivity contribution < 1.29 is 29.0 Å². The normalized spacial score (nSPS) is 12.6. The standard InChI is InChI=1S/C43H74O6/c1-3-5-7-8-9-10-11-12-13-14-15-16-19-22-25-28-32-36-42(46)48-38-41(45)39-49-43(47)37-33-29-26-23-20-17-18-21-24-27-31-35-40(44)34-30-6-4-2/h17-18,23-24,26-27,31,35,41,45H,3-16,19-22,25,28-30,32-34,36-39H2,1-2H3/b18-17-,26-23-,27-24-,35-31+/t41-/m0/s1. The van der Waals surface area contributed by atoms with Gasteiger partial charge in [0.25, 0.3) is 0 Å². The third-order valence-corrected chi connectivity index (χ3v) is 8.54. The van der Waals surface area contributed by atoms with Crippen molar-refractivity contribution in [3.8, 4) is 0 Å². The van der Waals surface area contributed by atoms with Crippen molar-refractivity contribution in [2.24, 2.45) is 0 Å². The van der Waals surface area contributed by atoms with Crippen molar-refractivity contribution in [2.45, 2.75) is 193 Å². The van der Waals surface area contributed by atoms with Gasteiger partial charge in [0.2, 0.25) is 0 Å². The average molecular weight is 687 g/mol. The average Bonchev–Trinajstić information content (AvgIpc) is 3.09. The molecule has 0 saturated carbocycles. The number of esters is 2. The predicted octanol–water partition coefficient (Wildman–Crippen LogP) is 11.8. The Labute approximate surface area is 301 Å². The lowest BCUT2D eigenvalue weighted by atomic mass is 10.0. The van der Waals surface area contributed by atoms with Gasteiger partial charge in [-0.15, -0.1) is 0 Å². The van der Waals surface area contributed by atoms with E-state index in [0.717, 1.165) is 57.8 Å². The van der Waals surface area contributed by atoms with E-state index >= 15 is 0 Å². The SMILES string of the molecule is CCCCCCCCCCCCCCCCCCCC(=O)OC[C@H](O)COC(=O)CCC/C=C\C/C=C\C/C=C\C=C\C(=O)CCCCC. The van der Waals surface area contributed by atoms with E-state index in [1.54, 1.807) is 6.08 Å². The topological polar surface area (TPSA) is 89.9 Å².